The van der Waals surface area contributed by atoms with E-state index >= 15 is 0 Å². The van der Waals surface area contributed by atoms with Gasteiger partial charge in [0.1, 0.15) is 6.10 Å². The maximum atomic E-state index is 12.1. The summed E-state index contributed by atoms with van der Waals surface area (Å²) in [7, 11) is 0. The van der Waals surface area contributed by atoms with Crippen molar-refractivity contribution >= 4 is 11.8 Å². The molecular weight excluding hydrogens is 232 g/mol. The van der Waals surface area contributed by atoms with Crippen molar-refractivity contribution in [2.75, 3.05) is 32.8 Å². The third kappa shape index (κ3) is 2.36. The van der Waals surface area contributed by atoms with E-state index in [4.69, 9.17) is 4.74 Å². The quantitative estimate of drug-likeness (QED) is 0.707. The smallest absolute Gasteiger partial charge is 0.251 e. The minimum absolute atomic E-state index is 0.117. The topological polar surface area (TPSA) is 49.9 Å². The molecule has 5 heteroatoms. The predicted octanol–water partition coefficient (Wildman–Crippen LogP) is 0.246. The van der Waals surface area contributed by atoms with E-state index in [2.05, 4.69) is 0 Å². The van der Waals surface area contributed by atoms with Gasteiger partial charge in [-0.25, -0.2) is 0 Å². The molecule has 1 aliphatic carbocycles. The van der Waals surface area contributed by atoms with E-state index in [1.807, 2.05) is 9.80 Å². The van der Waals surface area contributed by atoms with Crippen molar-refractivity contribution in [1.82, 2.24) is 9.80 Å². The second kappa shape index (κ2) is 4.88. The molecule has 3 rings (SSSR count). The highest BCUT2D eigenvalue weighted by Crippen LogP contribution is 2.31. The van der Waals surface area contributed by atoms with Crippen LogP contribution in [0.3, 0.4) is 0 Å². The van der Waals surface area contributed by atoms with E-state index in [0.717, 1.165) is 25.7 Å². The molecule has 2 aliphatic heterocycles. The number of rotatable bonds is 2. The van der Waals surface area contributed by atoms with E-state index in [0.29, 0.717) is 38.7 Å². The van der Waals surface area contributed by atoms with E-state index in [1.54, 1.807) is 0 Å². The molecule has 2 heterocycles. The molecule has 0 aromatic rings. The molecule has 0 unspecified atom stereocenters. The molecule has 0 radical (unpaired) electrons. The van der Waals surface area contributed by atoms with Crippen LogP contribution in [0.1, 0.15) is 25.7 Å². The summed E-state index contributed by atoms with van der Waals surface area (Å²) >= 11 is 0. The van der Waals surface area contributed by atoms with Gasteiger partial charge in [-0.15, -0.1) is 0 Å². The number of piperazine rings is 1. The van der Waals surface area contributed by atoms with Crippen molar-refractivity contribution in [3.05, 3.63) is 0 Å². The van der Waals surface area contributed by atoms with Gasteiger partial charge < -0.3 is 14.5 Å². The third-order valence-corrected chi connectivity index (χ3v) is 4.03. The Bertz CT molecular complexity index is 340. The zero-order chi connectivity index (χ0) is 12.5. The number of carbonyl (C=O) groups excluding carboxylic acids is 2. The lowest BCUT2D eigenvalue weighted by atomic mass is 10.2. The van der Waals surface area contributed by atoms with Crippen LogP contribution < -0.4 is 0 Å². The van der Waals surface area contributed by atoms with Crippen LogP contribution in [0.4, 0.5) is 0 Å². The number of hydrogen-bond acceptors (Lipinski definition) is 3. The van der Waals surface area contributed by atoms with Gasteiger partial charge in [-0.1, -0.05) is 0 Å². The first kappa shape index (κ1) is 12.0. The third-order valence-electron chi connectivity index (χ3n) is 4.03. The first-order valence-corrected chi connectivity index (χ1v) is 6.95. The van der Waals surface area contributed by atoms with Crippen molar-refractivity contribution in [3.63, 3.8) is 0 Å². The summed E-state index contributed by atoms with van der Waals surface area (Å²) in [4.78, 5) is 27.8. The highest BCUT2D eigenvalue weighted by atomic mass is 16.5. The Hall–Kier alpha value is -1.10. The fourth-order valence-corrected chi connectivity index (χ4v) is 2.71. The van der Waals surface area contributed by atoms with E-state index in [1.165, 1.54) is 0 Å². The molecule has 3 fully saturated rings. The van der Waals surface area contributed by atoms with Crippen LogP contribution in [0.5, 0.6) is 0 Å². The molecule has 18 heavy (non-hydrogen) atoms. The SMILES string of the molecule is O=C(C1CC1)N1CCN(C(=O)[C@H]2CCCO2)CC1. The second-order valence-corrected chi connectivity index (χ2v) is 5.43. The van der Waals surface area contributed by atoms with Crippen LogP contribution in [0.15, 0.2) is 0 Å². The fraction of sp³-hybridized carbons (Fsp3) is 0.846. The minimum Gasteiger partial charge on any atom is -0.368 e. The average molecular weight is 252 g/mol. The zero-order valence-electron chi connectivity index (χ0n) is 10.6. The van der Waals surface area contributed by atoms with Gasteiger partial charge in [-0.2, -0.15) is 0 Å². The molecule has 0 aromatic carbocycles. The highest BCUT2D eigenvalue weighted by molar-refractivity contribution is 5.83. The molecule has 0 N–H and O–H groups in total. The summed E-state index contributed by atoms with van der Waals surface area (Å²) in [6.07, 6.45) is 3.70. The number of hydrogen-bond donors (Lipinski definition) is 0. The van der Waals surface area contributed by atoms with E-state index in [-0.39, 0.29) is 17.9 Å². The highest BCUT2D eigenvalue weighted by Gasteiger charge is 2.36. The average Bonchev–Trinajstić information content (AvgIpc) is 3.12. The van der Waals surface area contributed by atoms with Gasteiger partial charge in [0.15, 0.2) is 0 Å². The molecule has 100 valence electrons. The van der Waals surface area contributed by atoms with Gasteiger partial charge in [-0.3, -0.25) is 9.59 Å². The number of carbonyl (C=O) groups is 2. The Kier molecular flexibility index (Phi) is 3.24. The largest absolute Gasteiger partial charge is 0.368 e. The number of amides is 2. The van der Waals surface area contributed by atoms with Gasteiger partial charge >= 0.3 is 0 Å². The number of nitrogens with zero attached hydrogens (tertiary/aromatic N) is 2. The Balaban J connectivity index is 1.49. The molecule has 0 bridgehead atoms. The van der Waals surface area contributed by atoms with Crippen molar-refractivity contribution in [2.45, 2.75) is 31.8 Å². The molecule has 0 spiro atoms. The first-order valence-electron chi connectivity index (χ1n) is 6.95. The summed E-state index contributed by atoms with van der Waals surface area (Å²) in [6, 6.07) is 0. The Morgan fingerprint density at radius 2 is 1.50 bits per heavy atom. The van der Waals surface area contributed by atoms with Crippen LogP contribution in [-0.2, 0) is 14.3 Å². The van der Waals surface area contributed by atoms with Crippen molar-refractivity contribution in [3.8, 4) is 0 Å². The molecule has 2 saturated heterocycles. The van der Waals surface area contributed by atoms with Gasteiger partial charge in [0.05, 0.1) is 0 Å². The Morgan fingerprint density at radius 1 is 0.889 bits per heavy atom. The minimum atomic E-state index is -0.226. The molecule has 5 nitrogen and oxygen atoms in total. The van der Waals surface area contributed by atoms with Crippen LogP contribution in [0, 0.1) is 5.92 Å². The zero-order valence-corrected chi connectivity index (χ0v) is 10.6. The predicted molar refractivity (Wildman–Crippen MR) is 64.9 cm³/mol. The monoisotopic (exact) mass is 252 g/mol. The standard InChI is InChI=1S/C13H20N2O3/c16-12(10-3-4-10)14-5-7-15(8-6-14)13(17)11-2-1-9-18-11/h10-11H,1-9H2/t11-/m1/s1. The molecule has 2 amide bonds. The van der Waals surface area contributed by atoms with Crippen molar-refractivity contribution in [1.29, 1.82) is 0 Å². The molecule has 1 atom stereocenters. The summed E-state index contributed by atoms with van der Waals surface area (Å²) in [5.41, 5.74) is 0. The number of ether oxygens (including phenoxy) is 1. The van der Waals surface area contributed by atoms with Crippen molar-refractivity contribution in [2.24, 2.45) is 5.92 Å². The van der Waals surface area contributed by atoms with Crippen LogP contribution >= 0.6 is 0 Å². The van der Waals surface area contributed by atoms with Gasteiger partial charge in [0.25, 0.3) is 5.91 Å². The lowest BCUT2D eigenvalue weighted by molar-refractivity contribution is -0.146. The maximum absolute atomic E-state index is 12.1. The van der Waals surface area contributed by atoms with Crippen LogP contribution in [0.2, 0.25) is 0 Å². The van der Waals surface area contributed by atoms with Crippen LogP contribution in [-0.4, -0.2) is 60.5 Å². The summed E-state index contributed by atoms with van der Waals surface area (Å²) < 4.78 is 5.42. The Labute approximate surface area is 107 Å². The second-order valence-electron chi connectivity index (χ2n) is 5.43. The van der Waals surface area contributed by atoms with Crippen LogP contribution in [0.25, 0.3) is 0 Å². The van der Waals surface area contributed by atoms with E-state index in [9.17, 15) is 9.59 Å². The Morgan fingerprint density at radius 3 is 2.00 bits per heavy atom. The van der Waals surface area contributed by atoms with Gasteiger partial charge in [0.2, 0.25) is 5.91 Å². The maximum Gasteiger partial charge on any atom is 0.251 e. The summed E-state index contributed by atoms with van der Waals surface area (Å²) in [6.45, 7) is 3.41. The summed E-state index contributed by atoms with van der Waals surface area (Å²) in [5.74, 6) is 0.690. The molecular formula is C13H20N2O3. The van der Waals surface area contributed by atoms with Gasteiger partial charge in [0, 0.05) is 38.7 Å². The molecule has 3 aliphatic rings. The van der Waals surface area contributed by atoms with Gasteiger partial charge in [-0.05, 0) is 25.7 Å². The lowest BCUT2D eigenvalue weighted by Crippen LogP contribution is -2.53. The molecule has 0 aromatic heterocycles. The fourth-order valence-electron chi connectivity index (χ4n) is 2.71. The summed E-state index contributed by atoms with van der Waals surface area (Å²) in [5, 5.41) is 0. The normalized spacial score (nSPS) is 28.6. The van der Waals surface area contributed by atoms with Crippen molar-refractivity contribution < 1.29 is 14.3 Å². The molecule has 1 saturated carbocycles. The first-order chi connectivity index (χ1) is 8.75. The lowest BCUT2D eigenvalue weighted by Gasteiger charge is -2.35. The van der Waals surface area contributed by atoms with E-state index < -0.39 is 0 Å².